The maximum atomic E-state index is 4.99. The van der Waals surface area contributed by atoms with Crippen LogP contribution >= 0.6 is 0 Å². The van der Waals surface area contributed by atoms with Gasteiger partial charge in [-0.25, -0.2) is 14.4 Å². The van der Waals surface area contributed by atoms with E-state index in [0.29, 0.717) is 0 Å². The first-order chi connectivity index (χ1) is 14.0. The van der Waals surface area contributed by atoms with Crippen molar-refractivity contribution in [2.75, 3.05) is 0 Å². The minimum Gasteiger partial charge on any atom is -0.276 e. The van der Waals surface area contributed by atoms with E-state index in [4.69, 9.17) is 9.97 Å². The lowest BCUT2D eigenvalue weighted by Crippen LogP contribution is -2.11. The predicted molar refractivity (Wildman–Crippen MR) is 117 cm³/mol. The molecule has 0 aliphatic rings. The fourth-order valence-corrected chi connectivity index (χ4v) is 4.70. The topological polar surface area (TPSA) is 39.0 Å². The van der Waals surface area contributed by atoms with Gasteiger partial charge in [0, 0.05) is 0 Å². The molecule has 0 unspecified atom stereocenters. The Morgan fingerprint density at radius 1 is 0.621 bits per heavy atom. The summed E-state index contributed by atoms with van der Waals surface area (Å²) in [7, 11) is 0. The summed E-state index contributed by atoms with van der Waals surface area (Å²) in [6, 6.07) is 21.3. The minimum atomic E-state index is 0.0363. The van der Waals surface area contributed by atoms with Crippen molar-refractivity contribution in [3.8, 4) is 0 Å². The lowest BCUT2D eigenvalue weighted by molar-refractivity contribution is 0.591. The highest BCUT2D eigenvalue weighted by atomic mass is 15.3. The van der Waals surface area contributed by atoms with Gasteiger partial charge in [-0.15, -0.1) is 0 Å². The molecule has 0 N–H and O–H groups in total. The molecule has 4 heterocycles. The molecular formula is C24H19N5. The Labute approximate surface area is 166 Å². The Morgan fingerprint density at radius 2 is 1.10 bits per heavy atom. The number of rotatable bonds is 0. The fourth-order valence-electron chi connectivity index (χ4n) is 4.70. The van der Waals surface area contributed by atoms with Crippen molar-refractivity contribution in [2.45, 2.75) is 26.2 Å². The van der Waals surface area contributed by atoms with Crippen LogP contribution in [0.25, 0.3) is 50.2 Å². The molecule has 5 heteroatoms. The summed E-state index contributed by atoms with van der Waals surface area (Å²) in [6.07, 6.45) is 0. The second-order valence-electron chi connectivity index (χ2n) is 8.92. The van der Waals surface area contributed by atoms with Gasteiger partial charge in [0.25, 0.3) is 0 Å². The molecule has 0 spiro atoms. The van der Waals surface area contributed by atoms with Crippen molar-refractivity contribution >= 4 is 50.2 Å². The summed E-state index contributed by atoms with van der Waals surface area (Å²) in [5, 5.41) is 0. The van der Waals surface area contributed by atoms with Crippen LogP contribution in [0.3, 0.4) is 0 Å². The fraction of sp³-hybridized carbons (Fsp3) is 0.167. The van der Waals surface area contributed by atoms with Gasteiger partial charge in [-0.1, -0.05) is 45.0 Å². The van der Waals surface area contributed by atoms with E-state index in [-0.39, 0.29) is 5.41 Å². The molecule has 0 radical (unpaired) electrons. The monoisotopic (exact) mass is 377 g/mol. The van der Waals surface area contributed by atoms with Crippen molar-refractivity contribution in [3.05, 3.63) is 66.2 Å². The van der Waals surface area contributed by atoms with Crippen LogP contribution in [0.1, 0.15) is 26.3 Å². The van der Waals surface area contributed by atoms with Gasteiger partial charge < -0.3 is 0 Å². The number of hydrogen-bond acceptors (Lipinski definition) is 2. The van der Waals surface area contributed by atoms with Crippen molar-refractivity contribution in [2.24, 2.45) is 0 Å². The molecule has 7 aromatic rings. The Morgan fingerprint density at radius 3 is 1.59 bits per heavy atom. The first kappa shape index (κ1) is 15.3. The molecule has 0 atom stereocenters. The molecule has 0 bridgehead atoms. The highest BCUT2D eigenvalue weighted by Crippen LogP contribution is 2.37. The quantitative estimate of drug-likeness (QED) is 0.353. The van der Waals surface area contributed by atoms with Gasteiger partial charge in [0.05, 0.1) is 33.1 Å². The van der Waals surface area contributed by atoms with Crippen LogP contribution in [0.5, 0.6) is 0 Å². The van der Waals surface area contributed by atoms with E-state index >= 15 is 0 Å². The molecule has 0 saturated heterocycles. The summed E-state index contributed by atoms with van der Waals surface area (Å²) < 4.78 is 6.79. The lowest BCUT2D eigenvalue weighted by Gasteiger charge is -2.19. The van der Waals surface area contributed by atoms with Gasteiger partial charge in [-0.3, -0.25) is 8.80 Å². The maximum absolute atomic E-state index is 4.99. The van der Waals surface area contributed by atoms with Crippen LogP contribution < -0.4 is 0 Å². The Bertz CT molecular complexity index is 1620. The molecule has 4 aromatic heterocycles. The van der Waals surface area contributed by atoms with Crippen LogP contribution in [0.15, 0.2) is 60.7 Å². The number of nitrogens with zero attached hydrogens (tertiary/aromatic N) is 5. The molecule has 7 rings (SSSR count). The molecule has 0 aliphatic heterocycles. The van der Waals surface area contributed by atoms with Crippen LogP contribution in [-0.2, 0) is 5.41 Å². The van der Waals surface area contributed by atoms with Crippen molar-refractivity contribution in [3.63, 3.8) is 0 Å². The van der Waals surface area contributed by atoms with E-state index in [1.54, 1.807) is 0 Å². The Hall–Kier alpha value is -3.60. The number of aromatic nitrogens is 5. The van der Waals surface area contributed by atoms with Gasteiger partial charge in [-0.2, -0.15) is 0 Å². The molecule has 5 nitrogen and oxygen atoms in total. The van der Waals surface area contributed by atoms with Crippen molar-refractivity contribution < 1.29 is 0 Å². The number of hydrogen-bond donors (Lipinski definition) is 0. The highest BCUT2D eigenvalue weighted by Gasteiger charge is 2.26. The summed E-state index contributed by atoms with van der Waals surface area (Å²) >= 11 is 0. The summed E-state index contributed by atoms with van der Waals surface area (Å²) in [6.45, 7) is 6.80. The Balaban J connectivity index is 1.87. The zero-order valence-corrected chi connectivity index (χ0v) is 16.5. The average molecular weight is 377 g/mol. The first-order valence-electron chi connectivity index (χ1n) is 9.97. The zero-order valence-electron chi connectivity index (χ0n) is 16.5. The largest absolute Gasteiger partial charge is 0.276 e. The molecule has 140 valence electrons. The van der Waals surface area contributed by atoms with E-state index in [1.165, 1.54) is 22.1 Å². The van der Waals surface area contributed by atoms with E-state index in [9.17, 15) is 0 Å². The van der Waals surface area contributed by atoms with Crippen LogP contribution in [0.2, 0.25) is 0 Å². The minimum absolute atomic E-state index is 0.0363. The van der Waals surface area contributed by atoms with Crippen LogP contribution in [0.4, 0.5) is 0 Å². The van der Waals surface area contributed by atoms with E-state index in [2.05, 4.69) is 82.5 Å². The molecule has 29 heavy (non-hydrogen) atoms. The number of benzene rings is 3. The average Bonchev–Trinajstić information content (AvgIpc) is 3.40. The van der Waals surface area contributed by atoms with Crippen molar-refractivity contribution in [1.29, 1.82) is 0 Å². The predicted octanol–water partition coefficient (Wildman–Crippen LogP) is 5.43. The normalized spacial score (nSPS) is 13.3. The van der Waals surface area contributed by atoms with Crippen molar-refractivity contribution in [1.82, 2.24) is 23.2 Å². The number of fused-ring (bicyclic) bond motifs is 10. The zero-order chi connectivity index (χ0) is 19.5. The lowest BCUT2D eigenvalue weighted by atomic mass is 9.86. The van der Waals surface area contributed by atoms with Gasteiger partial charge in [0.1, 0.15) is 5.52 Å². The Kier molecular flexibility index (Phi) is 2.48. The molecule has 3 aromatic carbocycles. The molecular weight excluding hydrogens is 358 g/mol. The third kappa shape index (κ3) is 1.72. The van der Waals surface area contributed by atoms with Gasteiger partial charge in [-0.05, 0) is 47.4 Å². The van der Waals surface area contributed by atoms with Gasteiger partial charge in [0.2, 0.25) is 11.6 Å². The summed E-state index contributed by atoms with van der Waals surface area (Å²) in [4.78, 5) is 9.98. The second-order valence-corrected chi connectivity index (χ2v) is 8.92. The smallest absolute Gasteiger partial charge is 0.223 e. The first-order valence-corrected chi connectivity index (χ1v) is 9.97. The van der Waals surface area contributed by atoms with E-state index < -0.39 is 0 Å². The SMILES string of the molecule is CC(C)(C)c1cc2c3c(c1)n1c4ccccc4nc1n3c1nc3ccccc3n21. The molecule has 0 fully saturated rings. The highest BCUT2D eigenvalue weighted by molar-refractivity contribution is 6.04. The van der Waals surface area contributed by atoms with E-state index in [0.717, 1.165) is 33.6 Å². The summed E-state index contributed by atoms with van der Waals surface area (Å²) in [5.41, 5.74) is 9.17. The van der Waals surface area contributed by atoms with Gasteiger partial charge >= 0.3 is 0 Å². The van der Waals surface area contributed by atoms with Crippen LogP contribution in [0, 0.1) is 0 Å². The molecule has 0 amide bonds. The number of para-hydroxylation sites is 4. The maximum Gasteiger partial charge on any atom is 0.223 e. The standard InChI is InChI=1S/C24H19N5/c1-24(2,3)14-12-19-21-20(13-14)28-18-11-7-5-9-16(18)26-23(28)29(21)22-25-15-8-4-6-10-17(15)27(19)22/h4-13H,1-3H3. The summed E-state index contributed by atoms with van der Waals surface area (Å²) in [5.74, 6) is 1.84. The molecule has 0 aliphatic carbocycles. The van der Waals surface area contributed by atoms with Gasteiger partial charge in [0.15, 0.2) is 0 Å². The molecule has 0 saturated carbocycles. The third-order valence-electron chi connectivity index (χ3n) is 6.13. The number of imidazole rings is 4. The van der Waals surface area contributed by atoms with E-state index in [1.807, 2.05) is 12.1 Å². The second kappa shape index (κ2) is 4.69. The van der Waals surface area contributed by atoms with Crippen LogP contribution in [-0.4, -0.2) is 23.2 Å². The third-order valence-corrected chi connectivity index (χ3v) is 6.13.